The van der Waals surface area contributed by atoms with E-state index in [1.807, 2.05) is 26.0 Å². The molecule has 1 aliphatic carbocycles. The molecule has 2 aromatic carbocycles. The highest BCUT2D eigenvalue weighted by Gasteiger charge is 2.68. The molecule has 0 aromatic heterocycles. The summed E-state index contributed by atoms with van der Waals surface area (Å²) in [5, 5.41) is 0.615. The van der Waals surface area contributed by atoms with E-state index in [0.29, 0.717) is 16.5 Å². The second-order valence-electron chi connectivity index (χ2n) is 10.5. The highest BCUT2D eigenvalue weighted by atomic mass is 35.5. The number of esters is 1. The molecule has 182 valence electrons. The van der Waals surface area contributed by atoms with Crippen molar-refractivity contribution in [1.82, 2.24) is 4.90 Å². The van der Waals surface area contributed by atoms with Crippen molar-refractivity contribution in [2.24, 2.45) is 11.7 Å². The van der Waals surface area contributed by atoms with Crippen LogP contribution in [0.5, 0.6) is 0 Å². The number of hydrogen-bond donors (Lipinski definition) is 1. The Balaban J connectivity index is 1.73. The molecular formula is C27H31Cl2FN2O2. The number of ether oxygens (including phenoxy) is 1. The lowest BCUT2D eigenvalue weighted by molar-refractivity contribution is -0.152. The fourth-order valence-electron chi connectivity index (χ4n) is 6.72. The van der Waals surface area contributed by atoms with Gasteiger partial charge in [-0.3, -0.25) is 4.79 Å². The fourth-order valence-corrected chi connectivity index (χ4v) is 7.03. The van der Waals surface area contributed by atoms with Crippen LogP contribution in [0.15, 0.2) is 42.5 Å². The number of benzene rings is 2. The highest BCUT2D eigenvalue weighted by Crippen LogP contribution is 2.57. The van der Waals surface area contributed by atoms with Gasteiger partial charge in [-0.15, -0.1) is 0 Å². The van der Waals surface area contributed by atoms with Crippen molar-refractivity contribution >= 4 is 29.2 Å². The lowest BCUT2D eigenvalue weighted by atomic mass is 9.69. The molecule has 3 aliphatic rings. The summed E-state index contributed by atoms with van der Waals surface area (Å²) >= 11 is 12.4. The van der Waals surface area contributed by atoms with Crippen LogP contribution in [-0.2, 0) is 15.1 Å². The molecule has 0 bridgehead atoms. The second-order valence-corrected chi connectivity index (χ2v) is 11.4. The largest absolute Gasteiger partial charge is 0.443 e. The van der Waals surface area contributed by atoms with Crippen LogP contribution in [0.2, 0.25) is 10.0 Å². The predicted molar refractivity (Wildman–Crippen MR) is 132 cm³/mol. The van der Waals surface area contributed by atoms with Crippen molar-refractivity contribution in [1.29, 1.82) is 0 Å². The van der Waals surface area contributed by atoms with Crippen LogP contribution >= 0.6 is 23.2 Å². The first-order valence-corrected chi connectivity index (χ1v) is 12.9. The van der Waals surface area contributed by atoms with Crippen LogP contribution in [0.4, 0.5) is 4.39 Å². The van der Waals surface area contributed by atoms with Gasteiger partial charge in [-0.1, -0.05) is 79.6 Å². The van der Waals surface area contributed by atoms with Crippen molar-refractivity contribution < 1.29 is 13.9 Å². The van der Waals surface area contributed by atoms with E-state index in [0.717, 1.165) is 24.8 Å². The number of cyclic esters (lactones) is 1. The first kappa shape index (κ1) is 24.1. The number of halogens is 3. The third-order valence-electron chi connectivity index (χ3n) is 8.17. The van der Waals surface area contributed by atoms with Crippen molar-refractivity contribution in [3.8, 4) is 0 Å². The topological polar surface area (TPSA) is 55.6 Å². The standard InChI is InChI=1S/C27H31Cl2FN2O2/c1-26(2)32-21(15-16-7-4-3-5-8-16)27(31,17-11-13-18(28)14-12-17)22(24(32)25(33)34-26)19-9-6-10-20(29)23(19)30/h6,9-14,16,21-22,24H,3-5,7-8,15,31H2,1-2H3/t21-,22-,24+,27+/m0/s1. The molecule has 2 saturated heterocycles. The maximum Gasteiger partial charge on any atom is 0.325 e. The molecule has 2 heterocycles. The van der Waals surface area contributed by atoms with E-state index in [2.05, 4.69) is 4.90 Å². The SMILES string of the molecule is CC1(C)OC(=O)[C@H]2[C@H](c3cccc(Cl)c3F)[C@@](N)(c3ccc(Cl)cc3)[C@H](CC3CCCCC3)N21. The Hall–Kier alpha value is -1.66. The van der Waals surface area contributed by atoms with Gasteiger partial charge in [-0.25, -0.2) is 9.29 Å². The summed E-state index contributed by atoms with van der Waals surface area (Å²) in [6, 6.07) is 11.4. The van der Waals surface area contributed by atoms with Crippen LogP contribution in [0.25, 0.3) is 0 Å². The molecule has 7 heteroatoms. The first-order chi connectivity index (χ1) is 16.1. The summed E-state index contributed by atoms with van der Waals surface area (Å²) < 4.78 is 21.4. The molecule has 4 nitrogen and oxygen atoms in total. The second kappa shape index (κ2) is 8.77. The minimum Gasteiger partial charge on any atom is -0.443 e. The van der Waals surface area contributed by atoms with E-state index in [-0.39, 0.29) is 17.0 Å². The van der Waals surface area contributed by atoms with Crippen molar-refractivity contribution in [2.45, 2.75) is 81.6 Å². The molecule has 2 N–H and O–H groups in total. The maximum atomic E-state index is 15.6. The summed E-state index contributed by atoms with van der Waals surface area (Å²) in [7, 11) is 0. The van der Waals surface area contributed by atoms with E-state index in [9.17, 15) is 4.79 Å². The summed E-state index contributed by atoms with van der Waals surface area (Å²) in [6.07, 6.45) is 6.74. The Morgan fingerprint density at radius 1 is 1.09 bits per heavy atom. The summed E-state index contributed by atoms with van der Waals surface area (Å²) in [5.41, 5.74) is 6.73. The Labute approximate surface area is 210 Å². The molecule has 5 rings (SSSR count). The van der Waals surface area contributed by atoms with Crippen LogP contribution < -0.4 is 5.73 Å². The van der Waals surface area contributed by atoms with Crippen LogP contribution in [0, 0.1) is 11.7 Å². The van der Waals surface area contributed by atoms with Gasteiger partial charge in [0.2, 0.25) is 0 Å². The fraction of sp³-hybridized carbons (Fsp3) is 0.519. The average molecular weight is 505 g/mol. The number of rotatable bonds is 4. The van der Waals surface area contributed by atoms with Gasteiger partial charge < -0.3 is 10.5 Å². The van der Waals surface area contributed by atoms with Gasteiger partial charge in [0.1, 0.15) is 11.9 Å². The van der Waals surface area contributed by atoms with Gasteiger partial charge in [0.05, 0.1) is 10.6 Å². The first-order valence-electron chi connectivity index (χ1n) is 12.1. The summed E-state index contributed by atoms with van der Waals surface area (Å²) in [5.74, 6) is -1.09. The van der Waals surface area contributed by atoms with Gasteiger partial charge in [-0.05, 0) is 55.5 Å². The van der Waals surface area contributed by atoms with E-state index < -0.39 is 29.0 Å². The van der Waals surface area contributed by atoms with E-state index in [1.165, 1.54) is 25.3 Å². The van der Waals surface area contributed by atoms with Gasteiger partial charge in [0.15, 0.2) is 5.72 Å². The van der Waals surface area contributed by atoms with E-state index >= 15 is 4.39 Å². The average Bonchev–Trinajstić information content (AvgIpc) is 3.20. The molecule has 0 unspecified atom stereocenters. The molecule has 2 aromatic rings. The summed E-state index contributed by atoms with van der Waals surface area (Å²) in [4.78, 5) is 15.5. The maximum absolute atomic E-state index is 15.6. The molecule has 3 fully saturated rings. The van der Waals surface area contributed by atoms with Gasteiger partial charge in [0, 0.05) is 17.0 Å². The molecule has 2 aliphatic heterocycles. The van der Waals surface area contributed by atoms with Crippen molar-refractivity contribution in [3.05, 3.63) is 69.5 Å². The third-order valence-corrected chi connectivity index (χ3v) is 8.72. The minimum absolute atomic E-state index is 0.0175. The van der Waals surface area contributed by atoms with Crippen LogP contribution in [0.1, 0.15) is 69.4 Å². The van der Waals surface area contributed by atoms with Crippen LogP contribution in [0.3, 0.4) is 0 Å². The molecular weight excluding hydrogens is 474 g/mol. The number of nitrogens with two attached hydrogens (primary N) is 1. The number of fused-ring (bicyclic) bond motifs is 1. The Bertz CT molecular complexity index is 1090. The van der Waals surface area contributed by atoms with Crippen LogP contribution in [-0.4, -0.2) is 28.7 Å². The zero-order valence-corrected chi connectivity index (χ0v) is 21.1. The zero-order valence-electron chi connectivity index (χ0n) is 19.6. The molecule has 0 radical (unpaired) electrons. The van der Waals surface area contributed by atoms with Crippen molar-refractivity contribution in [3.63, 3.8) is 0 Å². The Morgan fingerprint density at radius 3 is 2.44 bits per heavy atom. The lowest BCUT2D eigenvalue weighted by Crippen LogP contribution is -2.56. The third kappa shape index (κ3) is 3.76. The van der Waals surface area contributed by atoms with Gasteiger partial charge in [-0.2, -0.15) is 0 Å². The highest BCUT2D eigenvalue weighted by molar-refractivity contribution is 6.31. The Morgan fingerprint density at radius 2 is 1.76 bits per heavy atom. The number of carbonyl (C=O) groups is 1. The zero-order chi connectivity index (χ0) is 24.3. The molecule has 1 saturated carbocycles. The van der Waals surface area contributed by atoms with Gasteiger partial charge >= 0.3 is 5.97 Å². The normalized spacial score (nSPS) is 31.5. The number of hydrogen-bond acceptors (Lipinski definition) is 4. The number of nitrogens with zero attached hydrogens (tertiary/aromatic N) is 1. The number of carbonyl (C=O) groups excluding carboxylic acids is 1. The molecule has 0 spiro atoms. The van der Waals surface area contributed by atoms with E-state index in [1.54, 1.807) is 24.3 Å². The summed E-state index contributed by atoms with van der Waals surface area (Å²) in [6.45, 7) is 3.80. The predicted octanol–water partition coefficient (Wildman–Crippen LogP) is 6.39. The van der Waals surface area contributed by atoms with Gasteiger partial charge in [0.25, 0.3) is 0 Å². The Kier molecular flexibility index (Phi) is 6.21. The molecule has 34 heavy (non-hydrogen) atoms. The lowest BCUT2D eigenvalue weighted by Gasteiger charge is -2.43. The van der Waals surface area contributed by atoms with E-state index in [4.69, 9.17) is 33.7 Å². The molecule has 0 amide bonds. The molecule has 4 atom stereocenters. The monoisotopic (exact) mass is 504 g/mol. The van der Waals surface area contributed by atoms with Crippen molar-refractivity contribution in [2.75, 3.05) is 0 Å². The quantitative estimate of drug-likeness (QED) is 0.490. The minimum atomic E-state index is -1.05. The smallest absolute Gasteiger partial charge is 0.325 e.